The normalized spacial score (nSPS) is 12.4. The molecule has 0 radical (unpaired) electrons. The van der Waals surface area contributed by atoms with E-state index >= 15 is 0 Å². The summed E-state index contributed by atoms with van der Waals surface area (Å²) in [5, 5.41) is 8.79. The Morgan fingerprint density at radius 2 is 2.27 bits per heavy atom. The number of hydrogen-bond donors (Lipinski definition) is 1. The molecule has 1 N–H and O–H groups in total. The summed E-state index contributed by atoms with van der Waals surface area (Å²) in [5.74, 6) is -0.233. The largest absolute Gasteiger partial charge is 0.478 e. The van der Waals surface area contributed by atoms with Crippen molar-refractivity contribution in [3.8, 4) is 0 Å². The minimum Gasteiger partial charge on any atom is -0.478 e. The first-order valence-electron chi connectivity index (χ1n) is 4.50. The van der Waals surface area contributed by atoms with Crippen molar-refractivity contribution in [1.29, 1.82) is 0 Å². The van der Waals surface area contributed by atoms with Crippen molar-refractivity contribution in [1.82, 2.24) is 4.57 Å². The van der Waals surface area contributed by atoms with Crippen LogP contribution in [0, 0.1) is 0 Å². The van der Waals surface area contributed by atoms with E-state index in [4.69, 9.17) is 5.11 Å². The van der Waals surface area contributed by atoms with Crippen LogP contribution in [0.1, 0.15) is 23.3 Å². The highest BCUT2D eigenvalue weighted by atomic mass is 32.2. The summed E-state index contributed by atoms with van der Waals surface area (Å²) in [4.78, 5) is 22.2. The molecule has 0 saturated carbocycles. The van der Waals surface area contributed by atoms with Crippen LogP contribution >= 0.6 is 11.8 Å². The predicted octanol–water partition coefficient (Wildman–Crippen LogP) is 1.47. The zero-order chi connectivity index (χ0) is 11.4. The van der Waals surface area contributed by atoms with E-state index in [1.54, 1.807) is 11.8 Å². The van der Waals surface area contributed by atoms with Gasteiger partial charge in [0, 0.05) is 24.1 Å². The number of pyridine rings is 1. The molecule has 0 aromatic carbocycles. The van der Waals surface area contributed by atoms with E-state index in [1.165, 1.54) is 22.9 Å². The van der Waals surface area contributed by atoms with Gasteiger partial charge in [-0.3, -0.25) is 4.79 Å². The van der Waals surface area contributed by atoms with Gasteiger partial charge in [-0.15, -0.1) is 0 Å². The molecule has 0 aliphatic rings. The van der Waals surface area contributed by atoms with E-state index < -0.39 is 5.97 Å². The summed E-state index contributed by atoms with van der Waals surface area (Å²) in [6.07, 6.45) is 3.34. The Hall–Kier alpha value is -1.23. The van der Waals surface area contributed by atoms with Crippen molar-refractivity contribution in [2.45, 2.75) is 13.0 Å². The SMILES string of the molecule is CSCC(C)n1cc(C(=O)O)ccc1=O. The van der Waals surface area contributed by atoms with Crippen molar-refractivity contribution in [3.05, 3.63) is 34.2 Å². The van der Waals surface area contributed by atoms with Crippen LogP contribution in [-0.2, 0) is 0 Å². The maximum Gasteiger partial charge on any atom is 0.337 e. The minimum atomic E-state index is -1.01. The fourth-order valence-corrected chi connectivity index (χ4v) is 1.94. The lowest BCUT2D eigenvalue weighted by Crippen LogP contribution is -2.24. The number of aromatic nitrogens is 1. The van der Waals surface area contributed by atoms with E-state index in [-0.39, 0.29) is 17.2 Å². The molecule has 1 rings (SSSR count). The maximum absolute atomic E-state index is 11.5. The third kappa shape index (κ3) is 2.86. The van der Waals surface area contributed by atoms with Crippen LogP contribution in [0.2, 0.25) is 0 Å². The van der Waals surface area contributed by atoms with E-state index in [1.807, 2.05) is 13.2 Å². The van der Waals surface area contributed by atoms with Crippen molar-refractivity contribution in [3.63, 3.8) is 0 Å². The fourth-order valence-electron chi connectivity index (χ4n) is 1.30. The van der Waals surface area contributed by atoms with Gasteiger partial charge in [0.15, 0.2) is 0 Å². The summed E-state index contributed by atoms with van der Waals surface area (Å²) in [6.45, 7) is 1.89. The average molecular weight is 227 g/mol. The lowest BCUT2D eigenvalue weighted by atomic mass is 10.2. The van der Waals surface area contributed by atoms with Crippen LogP contribution in [0.15, 0.2) is 23.1 Å². The first-order chi connectivity index (χ1) is 7.06. The number of carbonyl (C=O) groups is 1. The molecule has 1 aromatic heterocycles. The molecule has 1 heterocycles. The van der Waals surface area contributed by atoms with Crippen molar-refractivity contribution in [2.24, 2.45) is 0 Å². The molecule has 4 nitrogen and oxygen atoms in total. The van der Waals surface area contributed by atoms with Gasteiger partial charge in [0.2, 0.25) is 0 Å². The number of carboxylic acid groups (broad SMARTS) is 1. The lowest BCUT2D eigenvalue weighted by Gasteiger charge is -2.13. The van der Waals surface area contributed by atoms with Gasteiger partial charge in [-0.2, -0.15) is 11.8 Å². The van der Waals surface area contributed by atoms with Crippen LogP contribution in [0.4, 0.5) is 0 Å². The molecule has 0 amide bonds. The van der Waals surface area contributed by atoms with E-state index in [2.05, 4.69) is 0 Å². The summed E-state index contributed by atoms with van der Waals surface area (Å²) < 4.78 is 1.46. The summed E-state index contributed by atoms with van der Waals surface area (Å²) >= 11 is 1.62. The number of thioether (sulfide) groups is 1. The van der Waals surface area contributed by atoms with Crippen LogP contribution < -0.4 is 5.56 Å². The molecular formula is C10H13NO3S. The molecule has 1 atom stereocenters. The van der Waals surface area contributed by atoms with E-state index in [9.17, 15) is 9.59 Å². The zero-order valence-corrected chi connectivity index (χ0v) is 9.45. The van der Waals surface area contributed by atoms with Crippen molar-refractivity contribution < 1.29 is 9.90 Å². The highest BCUT2D eigenvalue weighted by molar-refractivity contribution is 7.98. The number of carboxylic acids is 1. The molecule has 5 heteroatoms. The third-order valence-corrected chi connectivity index (χ3v) is 2.88. The van der Waals surface area contributed by atoms with Gasteiger partial charge in [0.1, 0.15) is 0 Å². The monoisotopic (exact) mass is 227 g/mol. The first-order valence-corrected chi connectivity index (χ1v) is 5.90. The first kappa shape index (κ1) is 11.8. The number of aromatic carboxylic acids is 1. The van der Waals surface area contributed by atoms with Gasteiger partial charge in [0.25, 0.3) is 5.56 Å². The topological polar surface area (TPSA) is 59.3 Å². The Bertz CT molecular complexity index is 413. The second-order valence-corrected chi connectivity index (χ2v) is 4.18. The minimum absolute atomic E-state index is 0.00630. The molecule has 1 unspecified atom stereocenters. The van der Waals surface area contributed by atoms with Gasteiger partial charge in [-0.25, -0.2) is 4.79 Å². The van der Waals surface area contributed by atoms with Crippen LogP contribution in [-0.4, -0.2) is 27.7 Å². The zero-order valence-electron chi connectivity index (χ0n) is 8.64. The Morgan fingerprint density at radius 1 is 1.60 bits per heavy atom. The Labute approximate surface area is 91.9 Å². The number of rotatable bonds is 4. The van der Waals surface area contributed by atoms with E-state index in [0.29, 0.717) is 0 Å². The maximum atomic E-state index is 11.5. The number of hydrogen-bond acceptors (Lipinski definition) is 3. The van der Waals surface area contributed by atoms with Crippen LogP contribution in [0.5, 0.6) is 0 Å². The Morgan fingerprint density at radius 3 is 2.80 bits per heavy atom. The van der Waals surface area contributed by atoms with Gasteiger partial charge in [-0.05, 0) is 19.2 Å². The highest BCUT2D eigenvalue weighted by Crippen LogP contribution is 2.09. The smallest absolute Gasteiger partial charge is 0.337 e. The molecule has 0 fully saturated rings. The molecule has 0 bridgehead atoms. The molecular weight excluding hydrogens is 214 g/mol. The second kappa shape index (κ2) is 5.02. The quantitative estimate of drug-likeness (QED) is 0.846. The molecule has 0 spiro atoms. The highest BCUT2D eigenvalue weighted by Gasteiger charge is 2.09. The molecule has 1 aromatic rings. The van der Waals surface area contributed by atoms with Crippen LogP contribution in [0.25, 0.3) is 0 Å². The second-order valence-electron chi connectivity index (χ2n) is 3.27. The molecule has 0 aliphatic heterocycles. The summed E-state index contributed by atoms with van der Waals surface area (Å²) in [5.41, 5.74) is -0.0240. The fraction of sp³-hybridized carbons (Fsp3) is 0.400. The van der Waals surface area contributed by atoms with Gasteiger partial charge in [-0.1, -0.05) is 0 Å². The van der Waals surface area contributed by atoms with E-state index in [0.717, 1.165) is 5.75 Å². The third-order valence-electron chi connectivity index (χ3n) is 2.07. The van der Waals surface area contributed by atoms with Crippen molar-refractivity contribution >= 4 is 17.7 Å². The molecule has 82 valence electrons. The van der Waals surface area contributed by atoms with Gasteiger partial charge in [0.05, 0.1) is 5.56 Å². The molecule has 0 aliphatic carbocycles. The van der Waals surface area contributed by atoms with Crippen LogP contribution in [0.3, 0.4) is 0 Å². The molecule has 15 heavy (non-hydrogen) atoms. The number of nitrogens with zero attached hydrogens (tertiary/aromatic N) is 1. The van der Waals surface area contributed by atoms with Crippen molar-refractivity contribution in [2.75, 3.05) is 12.0 Å². The van der Waals surface area contributed by atoms with Gasteiger partial charge < -0.3 is 9.67 Å². The summed E-state index contributed by atoms with van der Waals surface area (Å²) in [7, 11) is 0. The van der Waals surface area contributed by atoms with Gasteiger partial charge >= 0.3 is 5.97 Å². The Kier molecular flexibility index (Phi) is 3.96. The standard InChI is InChI=1S/C10H13NO3S/c1-7(6-15-2)11-5-8(10(13)14)3-4-9(11)12/h3-5,7H,6H2,1-2H3,(H,13,14). The predicted molar refractivity (Wildman–Crippen MR) is 60.8 cm³/mol. The molecule has 0 saturated heterocycles. The Balaban J connectivity index is 3.10. The lowest BCUT2D eigenvalue weighted by molar-refractivity contribution is 0.0695. The summed E-state index contributed by atoms with van der Waals surface area (Å²) in [6, 6.07) is 2.62. The average Bonchev–Trinajstić information content (AvgIpc) is 2.18.